The van der Waals surface area contributed by atoms with Gasteiger partial charge in [-0.3, -0.25) is 4.79 Å². The lowest BCUT2D eigenvalue weighted by Crippen LogP contribution is -2.22. The van der Waals surface area contributed by atoms with E-state index in [1.54, 1.807) is 19.4 Å². The second kappa shape index (κ2) is 12.0. The summed E-state index contributed by atoms with van der Waals surface area (Å²) < 4.78 is 14.9. The van der Waals surface area contributed by atoms with Crippen LogP contribution in [0.4, 0.5) is 0 Å². The lowest BCUT2D eigenvalue weighted by molar-refractivity contribution is 0.282. The van der Waals surface area contributed by atoms with Crippen molar-refractivity contribution in [2.75, 3.05) is 7.11 Å². The van der Waals surface area contributed by atoms with E-state index in [-0.39, 0.29) is 5.56 Å². The standard InChI is InChI=1S/C28H27BrIN3O3/c1-4-5-9-26-32-24-11-10-21(29)15-22(24)28(34)33(26)31-16-20-13-23(30)27(25(14-20)35-3)36-17-19-8-6-7-18(2)12-19/h6-8,10-16H,4-5,9,17H2,1-3H3. The number of methoxy groups -OCH3 is 1. The molecule has 1 heterocycles. The minimum Gasteiger partial charge on any atom is -0.493 e. The van der Waals surface area contributed by atoms with Crippen molar-refractivity contribution in [3.8, 4) is 11.5 Å². The average Bonchev–Trinajstić information content (AvgIpc) is 2.86. The molecule has 0 amide bonds. The molecule has 0 bridgehead atoms. The largest absolute Gasteiger partial charge is 0.493 e. The summed E-state index contributed by atoms with van der Waals surface area (Å²) in [6, 6.07) is 17.6. The highest BCUT2D eigenvalue weighted by atomic mass is 127. The fraction of sp³-hybridized carbons (Fsp3) is 0.250. The Kier molecular flexibility index (Phi) is 8.79. The van der Waals surface area contributed by atoms with Crippen LogP contribution in [0, 0.1) is 10.5 Å². The van der Waals surface area contributed by atoms with Crippen LogP contribution < -0.4 is 15.0 Å². The summed E-state index contributed by atoms with van der Waals surface area (Å²) in [6.45, 7) is 4.61. The summed E-state index contributed by atoms with van der Waals surface area (Å²) in [5.41, 5.74) is 3.55. The van der Waals surface area contributed by atoms with Gasteiger partial charge in [-0.25, -0.2) is 4.98 Å². The Hall–Kier alpha value is -2.72. The molecule has 186 valence electrons. The topological polar surface area (TPSA) is 65.7 Å². The van der Waals surface area contributed by atoms with Gasteiger partial charge in [0.25, 0.3) is 5.56 Å². The highest BCUT2D eigenvalue weighted by Crippen LogP contribution is 2.34. The molecule has 0 aliphatic carbocycles. The van der Waals surface area contributed by atoms with Gasteiger partial charge in [-0.1, -0.05) is 59.1 Å². The predicted molar refractivity (Wildman–Crippen MR) is 157 cm³/mol. The van der Waals surface area contributed by atoms with Gasteiger partial charge in [0.1, 0.15) is 12.4 Å². The molecule has 0 radical (unpaired) electrons. The number of hydrogen-bond donors (Lipinski definition) is 0. The lowest BCUT2D eigenvalue weighted by Gasteiger charge is -2.14. The van der Waals surface area contributed by atoms with Gasteiger partial charge >= 0.3 is 0 Å². The van der Waals surface area contributed by atoms with Crippen LogP contribution in [0.2, 0.25) is 0 Å². The van der Waals surface area contributed by atoms with Gasteiger partial charge in [0.2, 0.25) is 0 Å². The van der Waals surface area contributed by atoms with Crippen molar-refractivity contribution >= 4 is 55.6 Å². The number of unbranched alkanes of at least 4 members (excludes halogenated alkanes) is 1. The van der Waals surface area contributed by atoms with Gasteiger partial charge in [-0.05, 0) is 77.4 Å². The van der Waals surface area contributed by atoms with Crippen molar-refractivity contribution in [3.05, 3.63) is 95.5 Å². The zero-order valence-electron chi connectivity index (χ0n) is 20.4. The monoisotopic (exact) mass is 659 g/mol. The van der Waals surface area contributed by atoms with Gasteiger partial charge in [-0.2, -0.15) is 9.78 Å². The van der Waals surface area contributed by atoms with Crippen LogP contribution in [-0.4, -0.2) is 23.0 Å². The third-order valence-electron chi connectivity index (χ3n) is 5.67. The number of aryl methyl sites for hydroxylation is 2. The Morgan fingerprint density at radius 2 is 2.00 bits per heavy atom. The van der Waals surface area contributed by atoms with E-state index in [0.29, 0.717) is 41.3 Å². The fourth-order valence-electron chi connectivity index (χ4n) is 3.85. The van der Waals surface area contributed by atoms with Gasteiger partial charge in [0, 0.05) is 10.9 Å². The highest BCUT2D eigenvalue weighted by molar-refractivity contribution is 14.1. The summed E-state index contributed by atoms with van der Waals surface area (Å²) in [6.07, 6.45) is 4.25. The molecule has 0 saturated carbocycles. The van der Waals surface area contributed by atoms with Crippen LogP contribution in [0.15, 0.2) is 69.0 Å². The maximum atomic E-state index is 13.3. The number of halogens is 2. The van der Waals surface area contributed by atoms with Crippen molar-refractivity contribution in [2.24, 2.45) is 5.10 Å². The average molecular weight is 660 g/mol. The molecule has 0 aliphatic rings. The molecule has 3 aromatic carbocycles. The van der Waals surface area contributed by atoms with Crippen LogP contribution >= 0.6 is 38.5 Å². The normalized spacial score (nSPS) is 11.4. The quantitative estimate of drug-likeness (QED) is 0.145. The number of benzene rings is 3. The molecule has 4 rings (SSSR count). The number of fused-ring (bicyclic) bond motifs is 1. The van der Waals surface area contributed by atoms with Crippen LogP contribution in [0.25, 0.3) is 10.9 Å². The molecule has 0 unspecified atom stereocenters. The van der Waals surface area contributed by atoms with Crippen molar-refractivity contribution in [1.82, 2.24) is 9.66 Å². The molecule has 36 heavy (non-hydrogen) atoms. The molecule has 6 nitrogen and oxygen atoms in total. The zero-order valence-corrected chi connectivity index (χ0v) is 24.2. The van der Waals surface area contributed by atoms with E-state index in [1.165, 1.54) is 10.2 Å². The Balaban J connectivity index is 1.67. The van der Waals surface area contributed by atoms with Crippen LogP contribution in [0.3, 0.4) is 0 Å². The third kappa shape index (κ3) is 6.15. The summed E-state index contributed by atoms with van der Waals surface area (Å²) in [7, 11) is 1.62. The Morgan fingerprint density at radius 1 is 1.17 bits per heavy atom. The second-order valence-corrected chi connectivity index (χ2v) is 10.5. The van der Waals surface area contributed by atoms with E-state index in [9.17, 15) is 4.79 Å². The molecule has 0 aliphatic heterocycles. The third-order valence-corrected chi connectivity index (χ3v) is 6.96. The Morgan fingerprint density at radius 3 is 2.75 bits per heavy atom. The van der Waals surface area contributed by atoms with Gasteiger partial charge in [0.05, 0.1) is 27.8 Å². The van der Waals surface area contributed by atoms with Crippen LogP contribution in [0.5, 0.6) is 11.5 Å². The number of ether oxygens (including phenoxy) is 2. The lowest BCUT2D eigenvalue weighted by atomic mass is 10.1. The number of rotatable bonds is 9. The molecule has 0 atom stereocenters. The molecule has 4 aromatic rings. The molecule has 0 spiro atoms. The molecule has 8 heteroatoms. The summed E-state index contributed by atoms with van der Waals surface area (Å²) in [5, 5.41) is 5.08. The molecule has 0 saturated heterocycles. The molecule has 0 N–H and O–H groups in total. The van der Waals surface area contributed by atoms with E-state index in [2.05, 4.69) is 69.6 Å². The van der Waals surface area contributed by atoms with Crippen LogP contribution in [-0.2, 0) is 13.0 Å². The number of hydrogen-bond acceptors (Lipinski definition) is 5. The first-order valence-corrected chi connectivity index (χ1v) is 13.6. The molecule has 0 fully saturated rings. The van der Waals surface area contributed by atoms with E-state index in [1.807, 2.05) is 36.4 Å². The maximum absolute atomic E-state index is 13.3. The summed E-state index contributed by atoms with van der Waals surface area (Å²) >= 11 is 5.68. The fourth-order valence-corrected chi connectivity index (χ4v) is 4.99. The first-order chi connectivity index (χ1) is 17.4. The van der Waals surface area contributed by atoms with Gasteiger partial charge in [-0.15, -0.1) is 0 Å². The van der Waals surface area contributed by atoms with Gasteiger partial charge < -0.3 is 9.47 Å². The van der Waals surface area contributed by atoms with E-state index >= 15 is 0 Å². The van der Waals surface area contributed by atoms with Crippen LogP contribution in [0.1, 0.15) is 42.3 Å². The molecular formula is C28H27BrIN3O3. The Bertz CT molecular complexity index is 1480. The van der Waals surface area contributed by atoms with E-state index in [4.69, 9.17) is 14.5 Å². The van der Waals surface area contributed by atoms with Crippen molar-refractivity contribution in [1.29, 1.82) is 0 Å². The predicted octanol–water partition coefficient (Wildman–Crippen LogP) is 6.88. The Labute approximate surface area is 232 Å². The first kappa shape index (κ1) is 26.3. The van der Waals surface area contributed by atoms with Crippen molar-refractivity contribution < 1.29 is 9.47 Å². The highest BCUT2D eigenvalue weighted by Gasteiger charge is 2.13. The second-order valence-electron chi connectivity index (χ2n) is 8.47. The minimum absolute atomic E-state index is 0.191. The van der Waals surface area contributed by atoms with Gasteiger partial charge in [0.15, 0.2) is 11.5 Å². The zero-order chi connectivity index (χ0) is 25.7. The van der Waals surface area contributed by atoms with Crippen molar-refractivity contribution in [3.63, 3.8) is 0 Å². The first-order valence-electron chi connectivity index (χ1n) is 11.7. The molecule has 1 aromatic heterocycles. The maximum Gasteiger partial charge on any atom is 0.282 e. The SMILES string of the molecule is CCCCc1nc2ccc(Br)cc2c(=O)n1N=Cc1cc(I)c(OCc2cccc(C)c2)c(OC)c1. The van der Waals surface area contributed by atoms with E-state index < -0.39 is 0 Å². The minimum atomic E-state index is -0.191. The summed E-state index contributed by atoms with van der Waals surface area (Å²) in [5.74, 6) is 1.93. The number of nitrogens with zero attached hydrogens (tertiary/aromatic N) is 3. The molecular weight excluding hydrogens is 633 g/mol. The number of aromatic nitrogens is 2. The van der Waals surface area contributed by atoms with Crippen molar-refractivity contribution in [2.45, 2.75) is 39.7 Å². The smallest absolute Gasteiger partial charge is 0.282 e. The summed E-state index contributed by atoms with van der Waals surface area (Å²) in [4.78, 5) is 18.0. The van der Waals surface area contributed by atoms with E-state index in [0.717, 1.165) is 32.0 Å².